The molecule has 0 unspecified atom stereocenters. The van der Waals surface area contributed by atoms with Crippen LogP contribution in [0.5, 0.6) is 5.75 Å². The molecule has 5 aliphatic carbocycles. The summed E-state index contributed by atoms with van der Waals surface area (Å²) in [7, 11) is 2.14. The highest BCUT2D eigenvalue weighted by molar-refractivity contribution is 5.85. The number of aromatic nitrogens is 1. The lowest BCUT2D eigenvalue weighted by atomic mass is 9.46. The van der Waals surface area contributed by atoms with Crippen LogP contribution in [0.1, 0.15) is 128 Å². The number of carbonyl (C=O) groups is 2. The van der Waals surface area contributed by atoms with E-state index in [1.807, 2.05) is 12.3 Å². The Labute approximate surface area is 411 Å². The van der Waals surface area contributed by atoms with Crippen molar-refractivity contribution in [3.05, 3.63) is 113 Å². The lowest BCUT2D eigenvalue weighted by molar-refractivity contribution is -0.140. The van der Waals surface area contributed by atoms with Gasteiger partial charge in [-0.25, -0.2) is 0 Å². The summed E-state index contributed by atoms with van der Waals surface area (Å²) >= 11 is 0. The standard InChI is InChI=1S/C22H27NO2.C21H25N.C17H23NO4/c1-4-22(24)10-8-18-16-6-5-15-11-19-14(13-23-25-19)12-20(15,2)17(16)7-9-21(18,22)3;1-21(2,3)15-8-5-9-16-22(4)17-19-13-10-12-18-11-6-7-14-20(18)19;18-11-13-1-6-14(7-2-13)17(21)22-15-8-3-12(4-9-15)5-10-16(19)20/h1,11,13,16-18,24H,5-10,12H2,2-3H3;5-7,9-14H,16-17H2,1-4H3;3-4,8-9,13-14H,1-2,5-7,10-11,18H2,(H,19,20)/b;9-5+;/t16-,17+,18+,20+,21+,22+;;/m1../s1. The molecule has 366 valence electrons. The summed E-state index contributed by atoms with van der Waals surface area (Å²) in [6, 6.07) is 22.1. The predicted molar refractivity (Wildman–Crippen MR) is 276 cm³/mol. The molecule has 69 heavy (non-hydrogen) atoms. The molecule has 0 aliphatic heterocycles. The number of aryl methyl sites for hydroxylation is 1. The summed E-state index contributed by atoms with van der Waals surface area (Å²) in [4.78, 5) is 25.0. The minimum atomic E-state index is -0.909. The number of aliphatic carboxylic acids is 1. The molecule has 1 aromatic heterocycles. The summed E-state index contributed by atoms with van der Waals surface area (Å²) in [5.41, 5.74) is 10.0. The zero-order valence-corrected chi connectivity index (χ0v) is 41.9. The van der Waals surface area contributed by atoms with Gasteiger partial charge in [0.15, 0.2) is 5.76 Å². The number of allylic oxidation sites excluding steroid dienone is 2. The molecule has 9 heteroatoms. The number of carboxylic acid groups (broad SMARTS) is 1. The first-order valence-electron chi connectivity index (χ1n) is 25.4. The Balaban J connectivity index is 0.000000154. The molecule has 3 aromatic carbocycles. The molecule has 0 spiro atoms. The second kappa shape index (κ2) is 22.1. The van der Waals surface area contributed by atoms with E-state index >= 15 is 0 Å². The average molecular weight is 934 g/mol. The minimum Gasteiger partial charge on any atom is -0.481 e. The van der Waals surface area contributed by atoms with Gasteiger partial charge < -0.3 is 25.2 Å². The third kappa shape index (κ3) is 12.1. The maximum atomic E-state index is 12.1. The van der Waals surface area contributed by atoms with Gasteiger partial charge in [0.05, 0.1) is 12.1 Å². The molecular weight excluding hydrogens is 859 g/mol. The molecule has 0 radical (unpaired) electrons. The van der Waals surface area contributed by atoms with E-state index in [1.54, 1.807) is 29.8 Å². The number of likely N-dealkylation sites (N-methyl/N-ethyl adjacent to an activating group) is 1. The number of carbonyl (C=O) groups excluding carboxylic acids is 1. The predicted octanol–water partition coefficient (Wildman–Crippen LogP) is 11.5. The summed E-state index contributed by atoms with van der Waals surface area (Å²) in [5.74, 6) is 12.0. The maximum Gasteiger partial charge on any atom is 0.314 e. The van der Waals surface area contributed by atoms with Crippen molar-refractivity contribution in [1.29, 1.82) is 0 Å². The van der Waals surface area contributed by atoms with Crippen molar-refractivity contribution >= 4 is 28.8 Å². The summed E-state index contributed by atoms with van der Waals surface area (Å²) in [6.07, 6.45) is 25.7. The van der Waals surface area contributed by atoms with Gasteiger partial charge in [0.25, 0.3) is 0 Å². The van der Waals surface area contributed by atoms with E-state index < -0.39 is 11.6 Å². The van der Waals surface area contributed by atoms with Gasteiger partial charge in [0.2, 0.25) is 0 Å². The molecular formula is C60H75N3O6. The minimum absolute atomic E-state index is 0.0329. The molecule has 1 heterocycles. The van der Waals surface area contributed by atoms with E-state index in [0.29, 0.717) is 42.4 Å². The zero-order valence-electron chi connectivity index (χ0n) is 41.9. The van der Waals surface area contributed by atoms with Crippen molar-refractivity contribution in [2.75, 3.05) is 20.1 Å². The molecule has 9 rings (SSSR count). The Morgan fingerprint density at radius 2 is 1.70 bits per heavy atom. The van der Waals surface area contributed by atoms with Crippen LogP contribution in [0.2, 0.25) is 0 Å². The van der Waals surface area contributed by atoms with Gasteiger partial charge in [-0.05, 0) is 187 Å². The van der Waals surface area contributed by atoms with Crippen LogP contribution in [0.3, 0.4) is 0 Å². The number of hydrogen-bond donors (Lipinski definition) is 3. The summed E-state index contributed by atoms with van der Waals surface area (Å²) < 4.78 is 10.8. The molecule has 0 saturated heterocycles. The topological polar surface area (TPSA) is 139 Å². The summed E-state index contributed by atoms with van der Waals surface area (Å²) in [5, 5.41) is 26.4. The van der Waals surface area contributed by atoms with Gasteiger partial charge in [0, 0.05) is 35.9 Å². The SMILES string of the molecule is C#C[C@]1(O)CC[C@H]2[C@@H]3CCC4=Cc5oncc5C[C@]4(C)[C@H]3CC[C@@]21C.CN(C/C=C/C#CC(C)(C)C)Cc1cccc2ccccc12.NCC1CCC(C(=O)Oc2ccc(CCC(=O)O)cc2)CC1. The smallest absolute Gasteiger partial charge is 0.314 e. The highest BCUT2D eigenvalue weighted by Crippen LogP contribution is 2.67. The molecule has 5 aliphatic rings. The van der Waals surface area contributed by atoms with Crippen molar-refractivity contribution in [2.45, 2.75) is 130 Å². The lowest BCUT2D eigenvalue weighted by Gasteiger charge is -2.58. The zero-order chi connectivity index (χ0) is 49.4. The van der Waals surface area contributed by atoms with E-state index in [2.05, 4.69) is 124 Å². The Kier molecular flexibility index (Phi) is 16.5. The van der Waals surface area contributed by atoms with Crippen molar-refractivity contribution in [3.8, 4) is 29.9 Å². The normalized spacial score (nSPS) is 27.9. The van der Waals surface area contributed by atoms with Gasteiger partial charge in [0.1, 0.15) is 11.4 Å². The lowest BCUT2D eigenvalue weighted by Crippen LogP contribution is -2.54. The van der Waals surface area contributed by atoms with Crippen molar-refractivity contribution in [2.24, 2.45) is 51.6 Å². The number of aliphatic hydroxyl groups is 1. The van der Waals surface area contributed by atoms with E-state index in [-0.39, 0.29) is 34.6 Å². The van der Waals surface area contributed by atoms with Crippen LogP contribution in [0.4, 0.5) is 0 Å². The van der Waals surface area contributed by atoms with Crippen LogP contribution < -0.4 is 10.5 Å². The molecule has 6 atom stereocenters. The molecule has 4 saturated carbocycles. The summed E-state index contributed by atoms with van der Waals surface area (Å²) in [6.45, 7) is 13.6. The highest BCUT2D eigenvalue weighted by Gasteiger charge is 2.63. The van der Waals surface area contributed by atoms with Gasteiger partial charge in [-0.15, -0.1) is 6.42 Å². The number of nitrogens with two attached hydrogens (primary N) is 1. The van der Waals surface area contributed by atoms with Crippen molar-refractivity contribution in [1.82, 2.24) is 10.1 Å². The van der Waals surface area contributed by atoms with Crippen LogP contribution in [-0.4, -0.2) is 57.9 Å². The fourth-order valence-corrected chi connectivity index (χ4v) is 12.3. The number of carboxylic acids is 1. The maximum absolute atomic E-state index is 12.1. The number of ether oxygens (including phenoxy) is 1. The number of esters is 1. The Hall–Kier alpha value is -5.45. The molecule has 4 aromatic rings. The quantitative estimate of drug-likeness (QED) is 0.0806. The van der Waals surface area contributed by atoms with E-state index in [4.69, 9.17) is 26.5 Å². The number of hydrogen-bond acceptors (Lipinski definition) is 8. The average Bonchev–Trinajstić information content (AvgIpc) is 3.90. The molecule has 9 nitrogen and oxygen atoms in total. The van der Waals surface area contributed by atoms with Crippen LogP contribution in [0.25, 0.3) is 16.8 Å². The fraction of sp³-hybridized carbons (Fsp3) is 0.517. The van der Waals surface area contributed by atoms with Gasteiger partial charge >= 0.3 is 11.9 Å². The van der Waals surface area contributed by atoms with Gasteiger partial charge in [-0.1, -0.05) is 103 Å². The molecule has 4 fully saturated rings. The first-order valence-corrected chi connectivity index (χ1v) is 25.4. The van der Waals surface area contributed by atoms with Crippen molar-refractivity contribution < 1.29 is 29.1 Å². The van der Waals surface area contributed by atoms with Crippen LogP contribution in [-0.2, 0) is 29.0 Å². The van der Waals surface area contributed by atoms with Crippen LogP contribution in [0.15, 0.2) is 95.2 Å². The van der Waals surface area contributed by atoms with E-state index in [0.717, 1.165) is 88.6 Å². The first kappa shape index (κ1) is 51.4. The second-order valence-corrected chi connectivity index (χ2v) is 22.1. The number of rotatable bonds is 10. The Bertz CT molecular complexity index is 2570. The monoisotopic (exact) mass is 934 g/mol. The third-order valence-corrected chi connectivity index (χ3v) is 16.3. The van der Waals surface area contributed by atoms with E-state index in [1.165, 1.54) is 28.3 Å². The molecule has 4 N–H and O–H groups in total. The number of benzene rings is 3. The Morgan fingerprint density at radius 1 is 0.971 bits per heavy atom. The van der Waals surface area contributed by atoms with Gasteiger partial charge in [-0.3, -0.25) is 14.5 Å². The Morgan fingerprint density at radius 3 is 2.41 bits per heavy atom. The number of fused-ring (bicyclic) bond motifs is 7. The second-order valence-electron chi connectivity index (χ2n) is 22.1. The molecule has 0 bridgehead atoms. The number of nitrogens with zero attached hydrogens (tertiary/aromatic N) is 2. The third-order valence-electron chi connectivity index (χ3n) is 16.3. The first-order chi connectivity index (χ1) is 32.9. The van der Waals surface area contributed by atoms with Crippen LogP contribution >= 0.6 is 0 Å². The number of terminal acetylenes is 1. The van der Waals surface area contributed by atoms with Crippen molar-refractivity contribution in [3.63, 3.8) is 0 Å². The largest absolute Gasteiger partial charge is 0.481 e. The fourth-order valence-electron chi connectivity index (χ4n) is 12.3. The highest BCUT2D eigenvalue weighted by atomic mass is 16.5. The van der Waals surface area contributed by atoms with Crippen LogP contribution in [0, 0.1) is 70.0 Å². The van der Waals surface area contributed by atoms with E-state index in [9.17, 15) is 14.7 Å². The van der Waals surface area contributed by atoms with Gasteiger partial charge in [-0.2, -0.15) is 0 Å². The molecule has 0 amide bonds.